The van der Waals surface area contributed by atoms with Crippen LogP contribution in [-0.2, 0) is 19.6 Å². The van der Waals surface area contributed by atoms with Gasteiger partial charge < -0.3 is 10.0 Å². The Hall–Kier alpha value is 0.0332. The van der Waals surface area contributed by atoms with Gasteiger partial charge in [-0.3, -0.25) is 0 Å². The minimum absolute atomic E-state index is 0.392. The minimum Gasteiger partial charge on any atom is -0.423 e. The Bertz CT molecular complexity index is 261. The third-order valence-electron chi connectivity index (χ3n) is 1.05. The van der Waals surface area contributed by atoms with Gasteiger partial charge in [-0.15, -0.1) is 0 Å². The molecule has 0 saturated heterocycles. The standard InChI is InChI=1S/C5H5BBrNO2.FN.W/c7-5-2-1-4(3-8-5)6(9)10;1-2;/h1-3,9-10H;;. The maximum absolute atomic E-state index is 9.95. The molecule has 2 N–H and O–H groups in total. The molecule has 0 aliphatic rings. The Morgan fingerprint density at radius 1 is 1.54 bits per heavy atom. The van der Waals surface area contributed by atoms with Crippen LogP contribution in [0.4, 0.5) is 4.48 Å². The summed E-state index contributed by atoms with van der Waals surface area (Å²) in [6.45, 7) is 0. The van der Waals surface area contributed by atoms with Gasteiger partial charge in [0.25, 0.3) is 0 Å². The Kier molecular flexibility index (Phi) is 7.46. The summed E-state index contributed by atoms with van der Waals surface area (Å²) >= 11 is 3.75. The van der Waals surface area contributed by atoms with E-state index in [0.29, 0.717) is 29.7 Å². The van der Waals surface area contributed by atoms with Gasteiger partial charge in [-0.1, -0.05) is 6.07 Å². The Balaban J connectivity index is 0.000000424. The summed E-state index contributed by atoms with van der Waals surface area (Å²) in [5.41, 5.74) is 0.392. The van der Waals surface area contributed by atoms with E-state index in [1.165, 1.54) is 6.20 Å². The molecule has 1 aromatic heterocycles. The van der Waals surface area contributed by atoms with Crippen molar-refractivity contribution in [1.82, 2.24) is 4.98 Å². The molecular formula is C5H5BBrFN2O2W. The second kappa shape index (κ2) is 7.44. The smallest absolute Gasteiger partial charge is 0.423 e. The molecule has 0 atom stereocenters. The van der Waals surface area contributed by atoms with Gasteiger partial charge in [0.2, 0.25) is 0 Å². The molecule has 0 spiro atoms. The van der Waals surface area contributed by atoms with E-state index in [0.717, 1.165) is 0 Å². The molecule has 8 heteroatoms. The number of hydrogen-bond acceptors (Lipinski definition) is 4. The van der Waals surface area contributed by atoms with Gasteiger partial charge in [0.05, 0.1) is 0 Å². The number of halogens is 2. The van der Waals surface area contributed by atoms with E-state index < -0.39 is 7.12 Å². The molecule has 13 heavy (non-hydrogen) atoms. The molecule has 1 heterocycles. The topological polar surface area (TPSA) is 65.7 Å². The average molecular weight is 419 g/mol. The number of pyridine rings is 1. The van der Waals surface area contributed by atoms with Crippen molar-refractivity contribution in [3.8, 4) is 0 Å². The summed E-state index contributed by atoms with van der Waals surface area (Å²) in [5.74, 6) is 0. The van der Waals surface area contributed by atoms with Crippen molar-refractivity contribution in [3.63, 3.8) is 0 Å². The first-order valence-corrected chi connectivity index (χ1v) is 5.13. The molecule has 0 aromatic carbocycles. The third-order valence-corrected chi connectivity index (χ3v) is 1.52. The van der Waals surface area contributed by atoms with Crippen LogP contribution < -0.4 is 5.46 Å². The predicted octanol–water partition coefficient (Wildman–Crippen LogP) is 0.125. The third kappa shape index (κ3) is 6.15. The zero-order valence-corrected chi connectivity index (χ0v) is 10.8. The van der Waals surface area contributed by atoms with Gasteiger partial charge in [-0.2, -0.15) is 0 Å². The van der Waals surface area contributed by atoms with Crippen LogP contribution in [0.2, 0.25) is 0 Å². The van der Waals surface area contributed by atoms with E-state index in [-0.39, 0.29) is 0 Å². The van der Waals surface area contributed by atoms with Crippen LogP contribution in [0.1, 0.15) is 0 Å². The van der Waals surface area contributed by atoms with Crippen molar-refractivity contribution in [2.45, 2.75) is 0 Å². The fraction of sp³-hybridized carbons (Fsp3) is 0. The number of hydrogen-bond donors (Lipinski definition) is 2. The first-order chi connectivity index (χ1) is 6.11. The molecule has 0 fully saturated rings. The maximum atomic E-state index is 9.95. The van der Waals surface area contributed by atoms with E-state index in [9.17, 15) is 4.48 Å². The van der Waals surface area contributed by atoms with Crippen LogP contribution in [0.3, 0.4) is 0 Å². The van der Waals surface area contributed by atoms with Crippen LogP contribution in [-0.4, -0.2) is 22.2 Å². The van der Waals surface area contributed by atoms with Gasteiger partial charge in [-0.05, 0) is 22.0 Å². The van der Waals surface area contributed by atoms with Crippen molar-refractivity contribution >= 4 is 28.5 Å². The number of aromatic nitrogens is 1. The molecule has 1 aromatic rings. The van der Waals surface area contributed by atoms with Crippen LogP contribution in [0.5, 0.6) is 0 Å². The SMILES string of the molecule is F[N]=[W].OB(O)c1ccc(Br)nc1. The molecule has 0 unspecified atom stereocenters. The van der Waals surface area contributed by atoms with Crippen molar-refractivity contribution in [3.05, 3.63) is 22.9 Å². The van der Waals surface area contributed by atoms with E-state index in [4.69, 9.17) is 10.0 Å². The van der Waals surface area contributed by atoms with Gasteiger partial charge in [0.15, 0.2) is 0 Å². The quantitative estimate of drug-likeness (QED) is 0.503. The van der Waals surface area contributed by atoms with E-state index >= 15 is 0 Å². The summed E-state index contributed by atoms with van der Waals surface area (Å²) in [6.07, 6.45) is 1.40. The maximum Gasteiger partial charge on any atom is 0.490 e. The molecule has 0 aliphatic heterocycles. The number of nitrogens with zero attached hydrogens (tertiary/aromatic N) is 2. The van der Waals surface area contributed by atoms with Crippen LogP contribution in [0, 0.1) is 0 Å². The zero-order valence-electron chi connectivity index (χ0n) is 6.26. The average Bonchev–Trinajstić information content (AvgIpc) is 2.06. The fourth-order valence-electron chi connectivity index (χ4n) is 0.540. The van der Waals surface area contributed by atoms with E-state index in [2.05, 4.69) is 24.6 Å². The largest absolute Gasteiger partial charge is 0.490 e. The van der Waals surface area contributed by atoms with Crippen molar-refractivity contribution in [1.29, 1.82) is 0 Å². The Labute approximate surface area is 94.2 Å². The van der Waals surface area contributed by atoms with Crippen molar-refractivity contribution in [2.75, 3.05) is 0 Å². The molecule has 70 valence electrons. The molecule has 0 amide bonds. The molecule has 4 nitrogen and oxygen atoms in total. The monoisotopic (exact) mass is 418 g/mol. The molecule has 0 saturated carbocycles. The first-order valence-electron chi connectivity index (χ1n) is 3.03. The van der Waals surface area contributed by atoms with E-state index in [1.54, 1.807) is 12.1 Å². The summed E-state index contributed by atoms with van der Waals surface area (Å²) in [7, 11) is -1.43. The first kappa shape index (κ1) is 13.0. The van der Waals surface area contributed by atoms with Gasteiger partial charge in [0.1, 0.15) is 4.60 Å². The molecule has 0 aliphatic carbocycles. The number of rotatable bonds is 1. The van der Waals surface area contributed by atoms with Crippen LogP contribution >= 0.6 is 15.9 Å². The summed E-state index contributed by atoms with van der Waals surface area (Å²) in [6, 6.07) is 3.23. The van der Waals surface area contributed by atoms with Gasteiger partial charge in [0, 0.05) is 11.7 Å². The Morgan fingerprint density at radius 2 is 2.08 bits per heavy atom. The summed E-state index contributed by atoms with van der Waals surface area (Å²) < 4.78 is 12.7. The zero-order chi connectivity index (χ0) is 10.3. The second-order valence-electron chi connectivity index (χ2n) is 1.86. The molecule has 1 rings (SSSR count). The minimum atomic E-state index is -1.43. The van der Waals surface area contributed by atoms with Crippen LogP contribution in [0.25, 0.3) is 0 Å². The van der Waals surface area contributed by atoms with Crippen molar-refractivity contribution < 1.29 is 34.2 Å². The van der Waals surface area contributed by atoms with Crippen molar-refractivity contribution in [2.24, 2.45) is 3.72 Å². The predicted molar refractivity (Wildman–Crippen MR) is 45.3 cm³/mol. The fourth-order valence-corrected chi connectivity index (χ4v) is 0.775. The molecule has 0 bridgehead atoms. The summed E-state index contributed by atoms with van der Waals surface area (Å²) in [4.78, 5) is 3.80. The van der Waals surface area contributed by atoms with Gasteiger partial charge in [-0.25, -0.2) is 4.98 Å². The molecule has 0 radical (unpaired) electrons. The Morgan fingerprint density at radius 3 is 2.38 bits per heavy atom. The molecular weight excluding hydrogens is 414 g/mol. The normalized spacial score (nSPS) is 8.31. The second-order valence-corrected chi connectivity index (χ2v) is 3.17. The van der Waals surface area contributed by atoms with E-state index in [1.807, 2.05) is 0 Å². The summed E-state index contributed by atoms with van der Waals surface area (Å²) in [5, 5.41) is 17.2. The van der Waals surface area contributed by atoms with Crippen LogP contribution in [0.15, 0.2) is 26.7 Å². The van der Waals surface area contributed by atoms with Gasteiger partial charge >= 0.3 is 34.9 Å².